The molecule has 0 unspecified atom stereocenters. The molecule has 0 saturated carbocycles. The Hall–Kier alpha value is -2.24. The summed E-state index contributed by atoms with van der Waals surface area (Å²) in [5.41, 5.74) is 1.79. The number of aromatic amines is 1. The van der Waals surface area contributed by atoms with E-state index in [1.807, 2.05) is 19.1 Å². The number of nitrogens with one attached hydrogen (secondary N) is 2. The number of amides is 1. The van der Waals surface area contributed by atoms with Crippen molar-refractivity contribution < 1.29 is 9.53 Å². The highest BCUT2D eigenvalue weighted by Gasteiger charge is 2.21. The lowest BCUT2D eigenvalue weighted by atomic mass is 9.99. The van der Waals surface area contributed by atoms with Crippen LogP contribution < -0.4 is 15.6 Å². The van der Waals surface area contributed by atoms with Crippen LogP contribution in [0.3, 0.4) is 0 Å². The Morgan fingerprint density at radius 2 is 2.04 bits per heavy atom. The number of halogens is 2. The molecule has 1 aliphatic heterocycles. The first kappa shape index (κ1) is 18.5. The Bertz CT molecular complexity index is 921. The number of hydrogen-bond donors (Lipinski definition) is 2. The minimum absolute atomic E-state index is 0.0138. The summed E-state index contributed by atoms with van der Waals surface area (Å²) in [6.45, 7) is 2.40. The second-order valence-corrected chi connectivity index (χ2v) is 6.73. The zero-order chi connectivity index (χ0) is 18.7. The van der Waals surface area contributed by atoms with Crippen molar-refractivity contribution in [1.82, 2.24) is 10.3 Å². The molecule has 0 radical (unpaired) electrons. The molecule has 5 nitrogen and oxygen atoms in total. The number of carbonyl (C=O) groups excluding carboxylic acids is 1. The van der Waals surface area contributed by atoms with E-state index in [1.54, 1.807) is 24.3 Å². The van der Waals surface area contributed by atoms with Crippen molar-refractivity contribution in [2.45, 2.75) is 25.8 Å². The molecule has 3 rings (SSSR count). The number of ether oxygens (including phenoxy) is 1. The van der Waals surface area contributed by atoms with Crippen molar-refractivity contribution in [2.24, 2.45) is 0 Å². The highest BCUT2D eigenvalue weighted by atomic mass is 35.5. The van der Waals surface area contributed by atoms with Gasteiger partial charge in [0.1, 0.15) is 10.8 Å². The molecular weight excluding hydrogens is 375 g/mol. The fourth-order valence-electron chi connectivity index (χ4n) is 2.86. The maximum Gasteiger partial charge on any atom is 0.267 e. The average molecular weight is 393 g/mol. The molecular formula is C19H18Cl2N2O3. The number of rotatable bonds is 5. The summed E-state index contributed by atoms with van der Waals surface area (Å²) < 4.78 is 5.48. The molecule has 2 heterocycles. The van der Waals surface area contributed by atoms with E-state index in [0.717, 1.165) is 11.1 Å². The first-order valence-electron chi connectivity index (χ1n) is 8.31. The summed E-state index contributed by atoms with van der Waals surface area (Å²) >= 11 is 12.2. The molecule has 1 amide bonds. The Labute approximate surface area is 161 Å². The molecule has 1 atom stereocenters. The SMILES string of the molecule is CCOc1ccc(/C(=C\[C@H]2CCC(=O)N2)c2ccc(Cl)c(=O)[nH]2)cc1Cl. The first-order chi connectivity index (χ1) is 12.5. The Balaban J connectivity index is 2.06. The van der Waals surface area contributed by atoms with E-state index in [-0.39, 0.29) is 22.5 Å². The van der Waals surface area contributed by atoms with Gasteiger partial charge in [0.05, 0.1) is 11.6 Å². The van der Waals surface area contributed by atoms with Crippen molar-refractivity contribution in [2.75, 3.05) is 6.61 Å². The van der Waals surface area contributed by atoms with Gasteiger partial charge in [0.25, 0.3) is 5.56 Å². The van der Waals surface area contributed by atoms with Crippen molar-refractivity contribution >= 4 is 34.7 Å². The van der Waals surface area contributed by atoms with Gasteiger partial charge in [-0.15, -0.1) is 0 Å². The second-order valence-electron chi connectivity index (χ2n) is 5.92. The fraction of sp³-hybridized carbons (Fsp3) is 0.263. The van der Waals surface area contributed by atoms with Crippen LogP contribution in [0.5, 0.6) is 5.75 Å². The highest BCUT2D eigenvalue weighted by molar-refractivity contribution is 6.32. The van der Waals surface area contributed by atoms with Gasteiger partial charge >= 0.3 is 0 Å². The zero-order valence-electron chi connectivity index (χ0n) is 14.1. The van der Waals surface area contributed by atoms with Crippen LogP contribution in [0.15, 0.2) is 41.2 Å². The number of benzene rings is 1. The average Bonchev–Trinajstić information content (AvgIpc) is 3.02. The molecule has 1 aromatic heterocycles. The summed E-state index contributed by atoms with van der Waals surface area (Å²) in [4.78, 5) is 26.2. The van der Waals surface area contributed by atoms with Crippen LogP contribution in [0.1, 0.15) is 31.0 Å². The van der Waals surface area contributed by atoms with E-state index >= 15 is 0 Å². The maximum absolute atomic E-state index is 11.9. The predicted octanol–water partition coefficient (Wildman–Crippen LogP) is 3.79. The largest absolute Gasteiger partial charge is 0.492 e. The molecule has 0 spiro atoms. The minimum atomic E-state index is -0.373. The Morgan fingerprint density at radius 3 is 2.65 bits per heavy atom. The second kappa shape index (κ2) is 7.98. The number of H-pyrrole nitrogens is 1. The molecule has 2 N–H and O–H groups in total. The van der Waals surface area contributed by atoms with Crippen LogP contribution in [0, 0.1) is 0 Å². The normalized spacial score (nSPS) is 17.3. The Kier molecular flexibility index (Phi) is 5.69. The van der Waals surface area contributed by atoms with E-state index in [4.69, 9.17) is 27.9 Å². The molecule has 1 aromatic carbocycles. The lowest BCUT2D eigenvalue weighted by Gasteiger charge is -2.14. The molecule has 0 bridgehead atoms. The van der Waals surface area contributed by atoms with Gasteiger partial charge in [0.15, 0.2) is 0 Å². The highest BCUT2D eigenvalue weighted by Crippen LogP contribution is 2.31. The topological polar surface area (TPSA) is 71.2 Å². The third-order valence-corrected chi connectivity index (χ3v) is 4.68. The zero-order valence-corrected chi connectivity index (χ0v) is 15.7. The Morgan fingerprint density at radius 1 is 1.23 bits per heavy atom. The smallest absolute Gasteiger partial charge is 0.267 e. The monoisotopic (exact) mass is 392 g/mol. The summed E-state index contributed by atoms with van der Waals surface area (Å²) in [6, 6.07) is 8.61. The first-order valence-corrected chi connectivity index (χ1v) is 9.06. The third kappa shape index (κ3) is 4.11. The molecule has 1 aliphatic rings. The van der Waals surface area contributed by atoms with E-state index in [1.165, 1.54) is 0 Å². The van der Waals surface area contributed by atoms with E-state index < -0.39 is 0 Å². The van der Waals surface area contributed by atoms with Crippen LogP contribution in [-0.2, 0) is 4.79 Å². The van der Waals surface area contributed by atoms with Crippen LogP contribution in [0.4, 0.5) is 0 Å². The maximum atomic E-state index is 11.9. The lowest BCUT2D eigenvalue weighted by molar-refractivity contribution is -0.119. The molecule has 1 fully saturated rings. The number of pyridine rings is 1. The van der Waals surface area contributed by atoms with Gasteiger partial charge < -0.3 is 15.0 Å². The number of aromatic nitrogens is 1. The molecule has 2 aromatic rings. The van der Waals surface area contributed by atoms with Gasteiger partial charge in [-0.05, 0) is 43.2 Å². The van der Waals surface area contributed by atoms with Gasteiger partial charge in [-0.1, -0.05) is 35.3 Å². The molecule has 26 heavy (non-hydrogen) atoms. The van der Waals surface area contributed by atoms with E-state index in [2.05, 4.69) is 10.3 Å². The van der Waals surface area contributed by atoms with Crippen LogP contribution in [0.2, 0.25) is 10.0 Å². The van der Waals surface area contributed by atoms with Crippen molar-refractivity contribution in [3.05, 3.63) is 68.1 Å². The van der Waals surface area contributed by atoms with Crippen LogP contribution >= 0.6 is 23.2 Å². The van der Waals surface area contributed by atoms with Crippen molar-refractivity contribution in [1.29, 1.82) is 0 Å². The lowest BCUT2D eigenvalue weighted by Crippen LogP contribution is -2.23. The molecule has 7 heteroatoms. The van der Waals surface area contributed by atoms with E-state index in [9.17, 15) is 9.59 Å². The van der Waals surface area contributed by atoms with E-state index in [0.29, 0.717) is 35.9 Å². The van der Waals surface area contributed by atoms with Crippen molar-refractivity contribution in [3.63, 3.8) is 0 Å². The summed E-state index contributed by atoms with van der Waals surface area (Å²) in [5.74, 6) is 0.607. The quantitative estimate of drug-likeness (QED) is 0.812. The van der Waals surface area contributed by atoms with Gasteiger partial charge in [0, 0.05) is 23.7 Å². The minimum Gasteiger partial charge on any atom is -0.492 e. The van der Waals surface area contributed by atoms with Gasteiger partial charge in [-0.3, -0.25) is 9.59 Å². The van der Waals surface area contributed by atoms with Crippen LogP contribution in [-0.4, -0.2) is 23.5 Å². The van der Waals surface area contributed by atoms with Gasteiger partial charge in [-0.2, -0.15) is 0 Å². The molecule has 136 valence electrons. The number of carbonyl (C=O) groups is 1. The standard InChI is InChI=1S/C19H18Cl2N2O3/c1-2-26-17-7-3-11(9-15(17)21)13(10-12-4-8-18(24)22-12)16-6-5-14(20)19(25)23-16/h3,5-7,9-10,12H,2,4,8H2,1H3,(H,22,24)(H,23,25)/b13-10+/t12-/m1/s1. The summed E-state index contributed by atoms with van der Waals surface area (Å²) in [5, 5.41) is 3.50. The molecule has 1 saturated heterocycles. The van der Waals surface area contributed by atoms with Gasteiger partial charge in [0.2, 0.25) is 5.91 Å². The fourth-order valence-corrected chi connectivity index (χ4v) is 3.20. The third-order valence-electron chi connectivity index (χ3n) is 4.09. The molecule has 0 aliphatic carbocycles. The van der Waals surface area contributed by atoms with Crippen molar-refractivity contribution in [3.8, 4) is 5.75 Å². The number of hydrogen-bond acceptors (Lipinski definition) is 3. The summed E-state index contributed by atoms with van der Waals surface area (Å²) in [6.07, 6.45) is 3.11. The van der Waals surface area contributed by atoms with Crippen LogP contribution in [0.25, 0.3) is 5.57 Å². The summed E-state index contributed by atoms with van der Waals surface area (Å²) in [7, 11) is 0. The predicted molar refractivity (Wildman–Crippen MR) is 103 cm³/mol. The van der Waals surface area contributed by atoms with Gasteiger partial charge in [-0.25, -0.2) is 0 Å².